The predicted octanol–water partition coefficient (Wildman–Crippen LogP) is 4.51. The number of amides is 1. The van der Waals surface area contributed by atoms with E-state index in [1.807, 2.05) is 0 Å². The Morgan fingerprint density at radius 3 is 2.67 bits per heavy atom. The Morgan fingerprint density at radius 1 is 1.15 bits per heavy atom. The molecule has 140 valence electrons. The number of anilines is 1. The first-order chi connectivity index (χ1) is 12.9. The van der Waals surface area contributed by atoms with Crippen molar-refractivity contribution in [2.24, 2.45) is 0 Å². The monoisotopic (exact) mass is 387 g/mol. The van der Waals surface area contributed by atoms with Gasteiger partial charge < -0.3 is 19.2 Å². The van der Waals surface area contributed by atoms with Crippen LogP contribution in [-0.4, -0.2) is 25.6 Å². The summed E-state index contributed by atoms with van der Waals surface area (Å²) >= 11 is 6.02. The molecule has 0 aliphatic heterocycles. The highest BCUT2D eigenvalue weighted by Crippen LogP contribution is 2.29. The fraction of sp³-hybridized carbons (Fsp3) is 0.200. The molecule has 2 aromatic carbocycles. The van der Waals surface area contributed by atoms with Crippen LogP contribution in [0.4, 0.5) is 5.69 Å². The van der Waals surface area contributed by atoms with Crippen LogP contribution >= 0.6 is 11.6 Å². The van der Waals surface area contributed by atoms with Gasteiger partial charge >= 0.3 is 5.97 Å². The van der Waals surface area contributed by atoms with Gasteiger partial charge in [0, 0.05) is 21.7 Å². The Labute approximate surface area is 161 Å². The van der Waals surface area contributed by atoms with Gasteiger partial charge in [-0.05, 0) is 49.7 Å². The van der Waals surface area contributed by atoms with Gasteiger partial charge in [-0.25, -0.2) is 4.79 Å². The highest BCUT2D eigenvalue weighted by Gasteiger charge is 2.20. The fourth-order valence-electron chi connectivity index (χ4n) is 2.65. The summed E-state index contributed by atoms with van der Waals surface area (Å²) in [4.78, 5) is 24.4. The molecular formula is C20H18ClNO5. The van der Waals surface area contributed by atoms with Crippen molar-refractivity contribution < 1.29 is 23.5 Å². The van der Waals surface area contributed by atoms with Crippen LogP contribution in [0.25, 0.3) is 11.0 Å². The van der Waals surface area contributed by atoms with Crippen molar-refractivity contribution in [3.63, 3.8) is 0 Å². The minimum Gasteiger partial charge on any atom is -0.497 e. The molecule has 7 heteroatoms. The van der Waals surface area contributed by atoms with Gasteiger partial charge in [0.05, 0.1) is 7.11 Å². The number of hydrogen-bond acceptors (Lipinski definition) is 5. The molecule has 1 amide bonds. The summed E-state index contributed by atoms with van der Waals surface area (Å²) in [7, 11) is 1.56. The van der Waals surface area contributed by atoms with Crippen LogP contribution < -0.4 is 10.1 Å². The molecule has 0 bridgehead atoms. The maximum absolute atomic E-state index is 12.3. The molecular weight excluding hydrogens is 370 g/mol. The summed E-state index contributed by atoms with van der Waals surface area (Å²) in [6, 6.07) is 10.4. The van der Waals surface area contributed by atoms with Crippen molar-refractivity contribution in [3.8, 4) is 5.75 Å². The number of esters is 1. The SMILES string of the molecule is COc1ccc2oc(C(=O)OCC(=O)Nc3cccc(Cl)c3C)c(C)c2c1. The molecule has 0 saturated carbocycles. The Kier molecular flexibility index (Phi) is 5.37. The zero-order chi connectivity index (χ0) is 19.6. The fourth-order valence-corrected chi connectivity index (χ4v) is 2.82. The van der Waals surface area contributed by atoms with Crippen LogP contribution in [0.2, 0.25) is 5.02 Å². The van der Waals surface area contributed by atoms with Crippen LogP contribution in [-0.2, 0) is 9.53 Å². The number of methoxy groups -OCH3 is 1. The normalized spacial score (nSPS) is 10.7. The largest absolute Gasteiger partial charge is 0.497 e. The van der Waals surface area contributed by atoms with Gasteiger partial charge in [-0.2, -0.15) is 0 Å². The van der Waals surface area contributed by atoms with E-state index in [0.717, 1.165) is 10.9 Å². The van der Waals surface area contributed by atoms with E-state index in [1.54, 1.807) is 57.4 Å². The van der Waals surface area contributed by atoms with Crippen LogP contribution in [0.3, 0.4) is 0 Å². The summed E-state index contributed by atoms with van der Waals surface area (Å²) in [5.74, 6) is -0.461. The number of carbonyl (C=O) groups excluding carboxylic acids is 2. The first-order valence-electron chi connectivity index (χ1n) is 8.20. The van der Waals surface area contributed by atoms with E-state index in [9.17, 15) is 9.59 Å². The third-order valence-corrected chi connectivity index (χ3v) is 4.61. The molecule has 0 saturated heterocycles. The molecule has 0 unspecified atom stereocenters. The highest BCUT2D eigenvalue weighted by molar-refractivity contribution is 6.31. The average molecular weight is 388 g/mol. The van der Waals surface area contributed by atoms with Gasteiger partial charge in [-0.1, -0.05) is 17.7 Å². The number of aryl methyl sites for hydroxylation is 1. The van der Waals surface area contributed by atoms with Crippen molar-refractivity contribution in [2.45, 2.75) is 13.8 Å². The summed E-state index contributed by atoms with van der Waals surface area (Å²) in [5.41, 5.74) is 2.47. The van der Waals surface area contributed by atoms with Crippen LogP contribution in [0.1, 0.15) is 21.7 Å². The number of carbonyl (C=O) groups is 2. The molecule has 0 spiro atoms. The number of fused-ring (bicyclic) bond motifs is 1. The second kappa shape index (κ2) is 7.72. The summed E-state index contributed by atoms with van der Waals surface area (Å²) in [5, 5.41) is 3.96. The van der Waals surface area contributed by atoms with Crippen molar-refractivity contribution in [3.05, 3.63) is 58.3 Å². The van der Waals surface area contributed by atoms with Gasteiger partial charge in [0.2, 0.25) is 5.76 Å². The third-order valence-electron chi connectivity index (χ3n) is 4.20. The van der Waals surface area contributed by atoms with E-state index < -0.39 is 18.5 Å². The Morgan fingerprint density at radius 2 is 1.93 bits per heavy atom. The van der Waals surface area contributed by atoms with E-state index in [2.05, 4.69) is 5.32 Å². The predicted molar refractivity (Wildman–Crippen MR) is 103 cm³/mol. The minimum absolute atomic E-state index is 0.0602. The lowest BCUT2D eigenvalue weighted by Gasteiger charge is -2.09. The zero-order valence-electron chi connectivity index (χ0n) is 15.1. The number of ether oxygens (including phenoxy) is 2. The Hall–Kier alpha value is -2.99. The lowest BCUT2D eigenvalue weighted by atomic mass is 10.1. The standard InChI is InChI=1S/C20H18ClNO5/c1-11-14-9-13(25-3)7-8-17(14)27-19(11)20(24)26-10-18(23)22-16-6-4-5-15(21)12(16)2/h4-9H,10H2,1-3H3,(H,22,23). The molecule has 0 atom stereocenters. The van der Waals surface area contributed by atoms with Gasteiger partial charge in [-0.15, -0.1) is 0 Å². The number of nitrogens with one attached hydrogen (secondary N) is 1. The number of rotatable bonds is 5. The van der Waals surface area contributed by atoms with E-state index >= 15 is 0 Å². The second-order valence-corrected chi connectivity index (χ2v) is 6.36. The second-order valence-electron chi connectivity index (χ2n) is 5.95. The van der Waals surface area contributed by atoms with Gasteiger partial charge in [-0.3, -0.25) is 4.79 Å². The zero-order valence-corrected chi connectivity index (χ0v) is 15.8. The summed E-state index contributed by atoms with van der Waals surface area (Å²) < 4.78 is 15.8. The smallest absolute Gasteiger partial charge is 0.375 e. The number of furan rings is 1. The third kappa shape index (κ3) is 3.90. The maximum atomic E-state index is 12.3. The molecule has 3 aromatic rings. The number of halogens is 1. The maximum Gasteiger partial charge on any atom is 0.375 e. The number of benzene rings is 2. The molecule has 0 radical (unpaired) electrons. The van der Waals surface area contributed by atoms with Gasteiger partial charge in [0.25, 0.3) is 5.91 Å². The lowest BCUT2D eigenvalue weighted by molar-refractivity contribution is -0.119. The topological polar surface area (TPSA) is 77.8 Å². The van der Waals surface area contributed by atoms with Crippen molar-refractivity contribution in [2.75, 3.05) is 19.0 Å². The number of hydrogen-bond donors (Lipinski definition) is 1. The van der Waals surface area contributed by atoms with E-state index in [1.165, 1.54) is 0 Å². The molecule has 0 aliphatic rings. The first-order valence-corrected chi connectivity index (χ1v) is 8.57. The summed E-state index contributed by atoms with van der Waals surface area (Å²) in [6.07, 6.45) is 0. The van der Waals surface area contributed by atoms with Crippen molar-refractivity contribution >= 4 is 40.1 Å². The van der Waals surface area contributed by atoms with Crippen LogP contribution in [0.15, 0.2) is 40.8 Å². The van der Waals surface area contributed by atoms with Crippen LogP contribution in [0.5, 0.6) is 5.75 Å². The molecule has 6 nitrogen and oxygen atoms in total. The molecule has 0 aliphatic carbocycles. The van der Waals surface area contributed by atoms with Crippen molar-refractivity contribution in [1.29, 1.82) is 0 Å². The minimum atomic E-state index is -0.708. The molecule has 0 fully saturated rings. The first kappa shape index (κ1) is 18.8. The van der Waals surface area contributed by atoms with E-state index in [-0.39, 0.29) is 5.76 Å². The van der Waals surface area contributed by atoms with Gasteiger partial charge in [0.15, 0.2) is 6.61 Å². The van der Waals surface area contributed by atoms with Crippen LogP contribution in [0, 0.1) is 13.8 Å². The van der Waals surface area contributed by atoms with Gasteiger partial charge in [0.1, 0.15) is 11.3 Å². The molecule has 1 N–H and O–H groups in total. The van der Waals surface area contributed by atoms with E-state index in [4.69, 9.17) is 25.5 Å². The highest BCUT2D eigenvalue weighted by atomic mass is 35.5. The Bertz CT molecular complexity index is 1020. The molecule has 27 heavy (non-hydrogen) atoms. The van der Waals surface area contributed by atoms with Crippen molar-refractivity contribution in [1.82, 2.24) is 0 Å². The van der Waals surface area contributed by atoms with E-state index in [0.29, 0.717) is 27.6 Å². The quantitative estimate of drug-likeness (QED) is 0.652. The molecule has 1 aromatic heterocycles. The molecule has 1 heterocycles. The average Bonchev–Trinajstić information content (AvgIpc) is 2.99. The summed E-state index contributed by atoms with van der Waals surface area (Å²) in [6.45, 7) is 3.10. The molecule has 3 rings (SSSR count). The Balaban J connectivity index is 1.68. The lowest BCUT2D eigenvalue weighted by Crippen LogP contribution is -2.21.